The average molecular weight is 288 g/mol. The molecule has 0 unspecified atom stereocenters. The third kappa shape index (κ3) is 1.93. The topological polar surface area (TPSA) is 62.2 Å². The fourth-order valence-electron chi connectivity index (χ4n) is 2.75. The van der Waals surface area contributed by atoms with Gasteiger partial charge in [0.15, 0.2) is 0 Å². The Morgan fingerprint density at radius 1 is 1.09 bits per heavy atom. The highest BCUT2D eigenvalue weighted by Gasteiger charge is 2.23. The number of benzene rings is 2. The molecule has 0 saturated carbocycles. The molecule has 22 heavy (non-hydrogen) atoms. The first-order valence-corrected chi connectivity index (χ1v) is 6.92. The highest BCUT2D eigenvalue weighted by molar-refractivity contribution is 6.35. The number of anilines is 1. The zero-order chi connectivity index (χ0) is 15.1. The number of para-hydroxylation sites is 1. The molecule has 0 bridgehead atoms. The Morgan fingerprint density at radius 3 is 2.86 bits per heavy atom. The summed E-state index contributed by atoms with van der Waals surface area (Å²) in [5.74, 6) is 0.00710. The molecule has 1 aromatic heterocycles. The second kappa shape index (κ2) is 4.70. The number of carbonyl (C=O) groups excluding carboxylic acids is 1. The lowest BCUT2D eigenvalue weighted by Crippen LogP contribution is -2.03. The minimum atomic E-state index is -0.145. The third-order valence-corrected chi connectivity index (χ3v) is 3.73. The second-order valence-electron chi connectivity index (χ2n) is 5.17. The van der Waals surface area contributed by atoms with Gasteiger partial charge in [-0.15, -0.1) is 0 Å². The van der Waals surface area contributed by atoms with Crippen LogP contribution in [-0.4, -0.2) is 16.0 Å². The van der Waals surface area contributed by atoms with Crippen LogP contribution >= 0.6 is 0 Å². The monoisotopic (exact) mass is 288 g/mol. The van der Waals surface area contributed by atoms with E-state index in [2.05, 4.69) is 10.3 Å². The molecule has 3 aromatic rings. The lowest BCUT2D eigenvalue weighted by Gasteiger charge is -2.04. The standard InChI is InChI=1S/C18H12N2O2/c21-13-8-11-4-3-7-19-17(11)12(9-13)10-15-14-5-1-2-6-16(14)20-18(15)22/h1-10,21H,(H,20,22). The number of amides is 1. The molecule has 0 spiro atoms. The number of aromatic hydroxyl groups is 1. The van der Waals surface area contributed by atoms with Crippen LogP contribution in [0.4, 0.5) is 5.69 Å². The number of pyridine rings is 1. The molecule has 1 aliphatic heterocycles. The number of hydrogen-bond acceptors (Lipinski definition) is 3. The number of hydrogen-bond donors (Lipinski definition) is 2. The molecule has 4 heteroatoms. The Hall–Kier alpha value is -3.14. The van der Waals surface area contributed by atoms with Crippen molar-refractivity contribution in [1.82, 2.24) is 4.98 Å². The summed E-state index contributed by atoms with van der Waals surface area (Å²) < 4.78 is 0. The van der Waals surface area contributed by atoms with Crippen LogP contribution in [0.2, 0.25) is 0 Å². The van der Waals surface area contributed by atoms with E-state index in [9.17, 15) is 9.90 Å². The number of phenols is 1. The van der Waals surface area contributed by atoms with Crippen LogP contribution in [0.5, 0.6) is 5.75 Å². The average Bonchev–Trinajstić information content (AvgIpc) is 2.83. The van der Waals surface area contributed by atoms with Gasteiger partial charge in [-0.25, -0.2) is 0 Å². The maximum absolute atomic E-state index is 12.2. The Labute approximate surface area is 126 Å². The Bertz CT molecular complexity index is 945. The van der Waals surface area contributed by atoms with Crippen molar-refractivity contribution in [1.29, 1.82) is 0 Å². The molecule has 0 atom stereocenters. The van der Waals surface area contributed by atoms with E-state index in [1.54, 1.807) is 24.4 Å². The van der Waals surface area contributed by atoms with Crippen molar-refractivity contribution in [3.05, 3.63) is 65.9 Å². The minimum Gasteiger partial charge on any atom is -0.508 e. The lowest BCUT2D eigenvalue weighted by molar-refractivity contribution is -0.110. The molecule has 0 saturated heterocycles. The quantitative estimate of drug-likeness (QED) is 0.674. The molecule has 2 N–H and O–H groups in total. The summed E-state index contributed by atoms with van der Waals surface area (Å²) in [7, 11) is 0. The van der Waals surface area contributed by atoms with Crippen LogP contribution in [0.25, 0.3) is 22.6 Å². The molecule has 0 fully saturated rings. The SMILES string of the molecule is O=C1Nc2ccccc2C1=Cc1cc(O)cc2cccnc12. The van der Waals surface area contributed by atoms with Gasteiger partial charge in [-0.3, -0.25) is 9.78 Å². The predicted octanol–water partition coefficient (Wildman–Crippen LogP) is 3.43. The normalized spacial score (nSPS) is 15.1. The van der Waals surface area contributed by atoms with Gasteiger partial charge in [0.25, 0.3) is 5.91 Å². The van der Waals surface area contributed by atoms with E-state index in [0.717, 1.165) is 27.7 Å². The number of rotatable bonds is 1. The van der Waals surface area contributed by atoms with E-state index >= 15 is 0 Å². The number of fused-ring (bicyclic) bond motifs is 2. The van der Waals surface area contributed by atoms with Crippen molar-refractivity contribution in [2.24, 2.45) is 0 Å². The Kier molecular flexibility index (Phi) is 2.69. The molecule has 1 aliphatic rings. The number of aromatic nitrogens is 1. The molecule has 2 heterocycles. The summed E-state index contributed by atoms with van der Waals surface area (Å²) in [6, 6.07) is 14.5. The fraction of sp³-hybridized carbons (Fsp3) is 0. The van der Waals surface area contributed by atoms with Gasteiger partial charge in [-0.2, -0.15) is 0 Å². The summed E-state index contributed by atoms with van der Waals surface area (Å²) in [6.45, 7) is 0. The third-order valence-electron chi connectivity index (χ3n) is 3.73. The highest BCUT2D eigenvalue weighted by atomic mass is 16.3. The first kappa shape index (κ1) is 12.6. The van der Waals surface area contributed by atoms with E-state index in [-0.39, 0.29) is 11.7 Å². The van der Waals surface area contributed by atoms with E-state index in [1.807, 2.05) is 36.4 Å². The van der Waals surface area contributed by atoms with Crippen LogP contribution in [-0.2, 0) is 4.79 Å². The van der Waals surface area contributed by atoms with Crippen molar-refractivity contribution in [2.45, 2.75) is 0 Å². The second-order valence-corrected chi connectivity index (χ2v) is 5.17. The van der Waals surface area contributed by atoms with Gasteiger partial charge in [-0.05, 0) is 30.3 Å². The van der Waals surface area contributed by atoms with Crippen LogP contribution in [0.1, 0.15) is 11.1 Å². The van der Waals surface area contributed by atoms with Crippen LogP contribution in [0.3, 0.4) is 0 Å². The summed E-state index contributed by atoms with van der Waals surface area (Å²) in [5.41, 5.74) is 3.71. The highest BCUT2D eigenvalue weighted by Crippen LogP contribution is 2.34. The van der Waals surface area contributed by atoms with Crippen LogP contribution in [0.15, 0.2) is 54.7 Å². The summed E-state index contributed by atoms with van der Waals surface area (Å²) >= 11 is 0. The van der Waals surface area contributed by atoms with Crippen molar-refractivity contribution in [3.63, 3.8) is 0 Å². The van der Waals surface area contributed by atoms with E-state index in [1.165, 1.54) is 0 Å². The molecule has 2 aromatic carbocycles. The largest absolute Gasteiger partial charge is 0.508 e. The van der Waals surface area contributed by atoms with Gasteiger partial charge in [0.2, 0.25) is 0 Å². The summed E-state index contributed by atoms with van der Waals surface area (Å²) in [6.07, 6.45) is 3.47. The van der Waals surface area contributed by atoms with Gasteiger partial charge < -0.3 is 10.4 Å². The van der Waals surface area contributed by atoms with Crippen LogP contribution in [0, 0.1) is 0 Å². The maximum atomic E-state index is 12.2. The smallest absolute Gasteiger partial charge is 0.256 e. The zero-order valence-corrected chi connectivity index (χ0v) is 11.6. The molecular formula is C18H12N2O2. The van der Waals surface area contributed by atoms with Gasteiger partial charge in [0.1, 0.15) is 5.75 Å². The van der Waals surface area contributed by atoms with Gasteiger partial charge in [-0.1, -0.05) is 24.3 Å². The van der Waals surface area contributed by atoms with Crippen molar-refractivity contribution in [3.8, 4) is 5.75 Å². The van der Waals surface area contributed by atoms with E-state index < -0.39 is 0 Å². The molecular weight excluding hydrogens is 276 g/mol. The molecule has 1 amide bonds. The van der Waals surface area contributed by atoms with Crippen molar-refractivity contribution >= 4 is 34.1 Å². The number of carbonyl (C=O) groups is 1. The zero-order valence-electron chi connectivity index (χ0n) is 11.6. The van der Waals surface area contributed by atoms with Crippen molar-refractivity contribution < 1.29 is 9.90 Å². The van der Waals surface area contributed by atoms with Gasteiger partial charge in [0.05, 0.1) is 5.52 Å². The molecule has 0 aliphatic carbocycles. The van der Waals surface area contributed by atoms with E-state index in [4.69, 9.17) is 0 Å². The first-order valence-electron chi connectivity index (χ1n) is 6.92. The van der Waals surface area contributed by atoms with Crippen molar-refractivity contribution in [2.75, 3.05) is 5.32 Å². The molecule has 4 rings (SSSR count). The first-order chi connectivity index (χ1) is 10.7. The molecule has 0 radical (unpaired) electrons. The van der Waals surface area contributed by atoms with Crippen LogP contribution < -0.4 is 5.32 Å². The minimum absolute atomic E-state index is 0.145. The number of nitrogens with zero attached hydrogens (tertiary/aromatic N) is 1. The number of phenolic OH excluding ortho intramolecular Hbond substituents is 1. The summed E-state index contributed by atoms with van der Waals surface area (Å²) in [4.78, 5) is 16.6. The Morgan fingerprint density at radius 2 is 1.95 bits per heavy atom. The molecule has 106 valence electrons. The van der Waals surface area contributed by atoms with Gasteiger partial charge in [0, 0.05) is 34.0 Å². The van der Waals surface area contributed by atoms with E-state index in [0.29, 0.717) is 5.57 Å². The fourth-order valence-corrected chi connectivity index (χ4v) is 2.75. The predicted molar refractivity (Wildman–Crippen MR) is 86.4 cm³/mol. The number of nitrogens with one attached hydrogen (secondary N) is 1. The lowest BCUT2D eigenvalue weighted by atomic mass is 10.0. The van der Waals surface area contributed by atoms with Gasteiger partial charge >= 0.3 is 0 Å². The molecule has 4 nitrogen and oxygen atoms in total. The Balaban J connectivity index is 1.96. The summed E-state index contributed by atoms with van der Waals surface area (Å²) in [5, 5.41) is 13.6. The maximum Gasteiger partial charge on any atom is 0.256 e.